The number of benzene rings is 1. The first-order valence-electron chi connectivity index (χ1n) is 18.2. The van der Waals surface area contributed by atoms with E-state index in [9.17, 15) is 23.4 Å². The molecule has 0 radical (unpaired) electrons. The molecule has 17 heteroatoms. The number of piperidine rings is 1. The number of H-pyrrole nitrogens is 1. The molecule has 4 aromatic rings. The minimum Gasteiger partial charge on any atom is -0.462 e. The van der Waals surface area contributed by atoms with E-state index in [1.807, 2.05) is 18.2 Å². The fourth-order valence-corrected chi connectivity index (χ4v) is 10.1. The quantitative estimate of drug-likeness (QED) is 0.115. The number of aromatic nitrogens is 5. The molecule has 3 fully saturated rings. The van der Waals surface area contributed by atoms with Crippen LogP contribution in [-0.2, 0) is 39.2 Å². The molecule has 3 aliphatic heterocycles. The molecular formula is C36H43ClN8O6S2. The van der Waals surface area contributed by atoms with Gasteiger partial charge in [0.2, 0.25) is 11.2 Å². The molecule has 0 bridgehead atoms. The predicted octanol–water partition coefficient (Wildman–Crippen LogP) is 3.85. The number of halogens is 1. The Bertz CT molecular complexity index is 2110. The van der Waals surface area contributed by atoms with Gasteiger partial charge in [-0.1, -0.05) is 6.07 Å². The molecule has 2 aliphatic carbocycles. The van der Waals surface area contributed by atoms with Crippen molar-refractivity contribution < 1.29 is 28.2 Å². The van der Waals surface area contributed by atoms with Crippen LogP contribution >= 0.6 is 11.6 Å². The number of hydrogen-bond acceptors (Lipinski definition) is 13. The van der Waals surface area contributed by atoms with Gasteiger partial charge in [0, 0.05) is 54.5 Å². The van der Waals surface area contributed by atoms with E-state index < -0.39 is 21.6 Å². The Hall–Kier alpha value is -3.70. The summed E-state index contributed by atoms with van der Waals surface area (Å²) in [6, 6.07) is 5.71. The topological polar surface area (TPSA) is 196 Å². The van der Waals surface area contributed by atoms with Gasteiger partial charge in [-0.25, -0.2) is 14.8 Å². The molecule has 2 atom stereocenters. The SMILES string of the molecule is CCOC(=O)c1ccc2c(C3CCN(c4nc5c(c(NC6(CO)CC6)n4)S(=O)CC5)CC3)c[nH]c2c1.O=S1CCc2nc(Cl)nc(NC3(CO)CC3)c21. The number of ether oxygens (including phenoxy) is 1. The van der Waals surface area contributed by atoms with E-state index in [0.717, 1.165) is 73.9 Å². The summed E-state index contributed by atoms with van der Waals surface area (Å²) in [5, 5.41) is 27.0. The molecule has 0 spiro atoms. The number of aryl methyl sites for hydroxylation is 2. The maximum absolute atomic E-state index is 12.6. The number of aromatic amines is 1. The molecular weight excluding hydrogens is 740 g/mol. The summed E-state index contributed by atoms with van der Waals surface area (Å²) in [5.74, 6) is 3.09. The summed E-state index contributed by atoms with van der Waals surface area (Å²) in [7, 11) is -2.15. The van der Waals surface area contributed by atoms with Gasteiger partial charge in [0.1, 0.15) is 21.4 Å². The molecule has 9 rings (SSSR count). The fraction of sp³-hybridized carbons (Fsp3) is 0.528. The zero-order valence-corrected chi connectivity index (χ0v) is 31.8. The smallest absolute Gasteiger partial charge is 0.338 e. The minimum atomic E-state index is -1.10. The highest BCUT2D eigenvalue weighted by Crippen LogP contribution is 2.42. The van der Waals surface area contributed by atoms with Crippen molar-refractivity contribution in [3.63, 3.8) is 0 Å². The lowest BCUT2D eigenvalue weighted by molar-refractivity contribution is 0.0526. The second kappa shape index (κ2) is 14.5. The second-order valence-corrected chi connectivity index (χ2v) is 17.8. The van der Waals surface area contributed by atoms with Crippen LogP contribution in [0.25, 0.3) is 10.9 Å². The number of nitrogens with zero attached hydrogens (tertiary/aromatic N) is 5. The number of anilines is 3. The molecule has 282 valence electrons. The number of hydrogen-bond donors (Lipinski definition) is 5. The van der Waals surface area contributed by atoms with Crippen LogP contribution in [0, 0.1) is 0 Å². The van der Waals surface area contributed by atoms with Gasteiger partial charge in [-0.3, -0.25) is 8.42 Å². The maximum atomic E-state index is 12.6. The highest BCUT2D eigenvalue weighted by atomic mass is 35.5. The summed E-state index contributed by atoms with van der Waals surface area (Å²) in [4.78, 5) is 36.9. The van der Waals surface area contributed by atoms with Crippen molar-refractivity contribution in [1.82, 2.24) is 24.9 Å². The van der Waals surface area contributed by atoms with Crippen molar-refractivity contribution in [2.75, 3.05) is 59.9 Å². The summed E-state index contributed by atoms with van der Waals surface area (Å²) in [6.07, 6.45) is 8.92. The zero-order valence-electron chi connectivity index (χ0n) is 29.5. The molecule has 6 heterocycles. The Morgan fingerprint density at radius 2 is 1.55 bits per heavy atom. The van der Waals surface area contributed by atoms with Crippen molar-refractivity contribution in [1.29, 1.82) is 0 Å². The standard InChI is InChI=1S/C26H31N5O4S.C10H12ClN3O2S/c1-2-35-24(33)17-3-4-18-19(14-27-21(18)13-17)16-5-10-31(11-6-16)25-28-20-7-12-36(34)22(20)23(29-25)30-26(15-32)8-9-26;11-9-12-6-1-4-17(16)7(6)8(13-9)14-10(5-15)2-3-10/h3-4,13-14,16,27,32H,2,5-12,15H2,1H3,(H,28,29,30);15H,1-5H2,(H,12,13,14). The van der Waals surface area contributed by atoms with Gasteiger partial charge in [0.15, 0.2) is 0 Å². The molecule has 2 unspecified atom stereocenters. The van der Waals surface area contributed by atoms with Crippen LogP contribution < -0.4 is 15.5 Å². The number of fused-ring (bicyclic) bond motifs is 3. The molecule has 14 nitrogen and oxygen atoms in total. The first-order chi connectivity index (χ1) is 25.6. The molecule has 0 amide bonds. The Balaban J connectivity index is 0.000000196. The lowest BCUT2D eigenvalue weighted by Crippen LogP contribution is -2.35. The van der Waals surface area contributed by atoms with Crippen LogP contribution in [0.5, 0.6) is 0 Å². The zero-order chi connectivity index (χ0) is 36.9. The lowest BCUT2D eigenvalue weighted by Gasteiger charge is -2.32. The third-order valence-electron chi connectivity index (χ3n) is 10.9. The highest BCUT2D eigenvalue weighted by molar-refractivity contribution is 7.85. The number of carbonyl (C=O) groups excluding carboxylic acids is 1. The number of rotatable bonds is 10. The molecule has 5 aliphatic rings. The molecule has 53 heavy (non-hydrogen) atoms. The third kappa shape index (κ3) is 7.27. The largest absolute Gasteiger partial charge is 0.462 e. The average Bonchev–Trinajstić information content (AvgIpc) is 3.98. The van der Waals surface area contributed by atoms with Crippen molar-refractivity contribution in [3.8, 4) is 0 Å². The number of nitrogens with one attached hydrogen (secondary N) is 3. The van der Waals surface area contributed by atoms with E-state index in [-0.39, 0.29) is 35.5 Å². The van der Waals surface area contributed by atoms with E-state index in [2.05, 4.69) is 36.7 Å². The first kappa shape index (κ1) is 36.3. The molecule has 2 saturated carbocycles. The van der Waals surface area contributed by atoms with Crippen LogP contribution in [0.15, 0.2) is 34.2 Å². The van der Waals surface area contributed by atoms with E-state index in [4.69, 9.17) is 26.3 Å². The second-order valence-electron chi connectivity index (χ2n) is 14.5. The minimum absolute atomic E-state index is 0.0467. The lowest BCUT2D eigenvalue weighted by atomic mass is 9.89. The van der Waals surface area contributed by atoms with Crippen molar-refractivity contribution in [2.24, 2.45) is 0 Å². The van der Waals surface area contributed by atoms with Crippen LogP contribution in [0.2, 0.25) is 5.28 Å². The molecule has 1 aromatic carbocycles. The van der Waals surface area contributed by atoms with Crippen LogP contribution in [0.1, 0.15) is 78.7 Å². The van der Waals surface area contributed by atoms with Gasteiger partial charge >= 0.3 is 5.97 Å². The molecule has 1 saturated heterocycles. The highest BCUT2D eigenvalue weighted by Gasteiger charge is 2.45. The first-order valence-corrected chi connectivity index (χ1v) is 21.2. The van der Waals surface area contributed by atoms with Gasteiger partial charge in [-0.2, -0.15) is 9.97 Å². The normalized spacial score (nSPS) is 22.1. The number of aliphatic hydroxyl groups is 2. The van der Waals surface area contributed by atoms with Crippen molar-refractivity contribution >= 4 is 67.7 Å². The summed E-state index contributed by atoms with van der Waals surface area (Å²) in [6.45, 7) is 3.91. The van der Waals surface area contributed by atoms with Gasteiger partial charge in [0.05, 0.1) is 69.4 Å². The Morgan fingerprint density at radius 3 is 2.13 bits per heavy atom. The summed E-state index contributed by atoms with van der Waals surface area (Å²) in [5.41, 5.74) is 3.78. The van der Waals surface area contributed by atoms with Gasteiger partial charge in [-0.15, -0.1) is 0 Å². The van der Waals surface area contributed by atoms with Gasteiger partial charge in [0.25, 0.3) is 0 Å². The van der Waals surface area contributed by atoms with E-state index in [1.54, 1.807) is 6.92 Å². The summed E-state index contributed by atoms with van der Waals surface area (Å²) >= 11 is 5.85. The van der Waals surface area contributed by atoms with Crippen molar-refractivity contribution in [3.05, 3.63) is 52.2 Å². The van der Waals surface area contributed by atoms with Crippen LogP contribution in [0.3, 0.4) is 0 Å². The molecule has 5 N–H and O–H groups in total. The molecule has 3 aromatic heterocycles. The third-order valence-corrected chi connectivity index (χ3v) is 13.9. The van der Waals surface area contributed by atoms with Gasteiger partial charge in [-0.05, 0) is 80.7 Å². The number of carbonyl (C=O) groups is 1. The van der Waals surface area contributed by atoms with E-state index in [1.165, 1.54) is 5.56 Å². The van der Waals surface area contributed by atoms with E-state index >= 15 is 0 Å². The Morgan fingerprint density at radius 1 is 0.943 bits per heavy atom. The number of esters is 1. The Labute approximate surface area is 316 Å². The van der Waals surface area contributed by atoms with Crippen molar-refractivity contribution in [2.45, 2.75) is 85.1 Å². The average molecular weight is 783 g/mol. The monoisotopic (exact) mass is 782 g/mol. The maximum Gasteiger partial charge on any atom is 0.338 e. The van der Waals surface area contributed by atoms with Crippen LogP contribution in [0.4, 0.5) is 17.6 Å². The van der Waals surface area contributed by atoms with Crippen LogP contribution in [-0.4, -0.2) is 105 Å². The predicted molar refractivity (Wildman–Crippen MR) is 203 cm³/mol. The van der Waals surface area contributed by atoms with E-state index in [0.29, 0.717) is 69.8 Å². The Kier molecular flexibility index (Phi) is 9.93. The fourth-order valence-electron chi connectivity index (χ4n) is 7.33. The summed E-state index contributed by atoms with van der Waals surface area (Å²) < 4.78 is 29.6. The van der Waals surface area contributed by atoms with Gasteiger partial charge < -0.3 is 35.5 Å². The number of aliphatic hydroxyl groups excluding tert-OH is 2.